The van der Waals surface area contributed by atoms with Crippen LogP contribution in [-0.2, 0) is 6.42 Å². The van der Waals surface area contributed by atoms with Crippen molar-refractivity contribution >= 4 is 6.03 Å². The van der Waals surface area contributed by atoms with Crippen molar-refractivity contribution in [1.29, 1.82) is 0 Å². The van der Waals surface area contributed by atoms with E-state index in [1.807, 2.05) is 23.1 Å². The summed E-state index contributed by atoms with van der Waals surface area (Å²) in [5.41, 5.74) is 1.11. The molecule has 1 fully saturated rings. The topological polar surface area (TPSA) is 50.8 Å². The maximum absolute atomic E-state index is 12.4. The normalized spacial score (nSPS) is 21.0. The summed E-state index contributed by atoms with van der Waals surface area (Å²) in [7, 11) is 3.25. The number of hydrogen-bond acceptors (Lipinski definition) is 3. The number of rotatable bonds is 5. The Kier molecular flexibility index (Phi) is 6.13. The van der Waals surface area contributed by atoms with Crippen molar-refractivity contribution in [3.05, 3.63) is 23.8 Å². The highest BCUT2D eigenvalue weighted by atomic mass is 16.5. The second-order valence-corrected chi connectivity index (χ2v) is 6.21. The summed E-state index contributed by atoms with van der Waals surface area (Å²) in [6.45, 7) is 4.87. The Labute approximate surface area is 139 Å². The Bertz CT molecular complexity index is 523. The lowest BCUT2D eigenvalue weighted by Crippen LogP contribution is -2.52. The Morgan fingerprint density at radius 3 is 2.43 bits per heavy atom. The van der Waals surface area contributed by atoms with E-state index < -0.39 is 0 Å². The van der Waals surface area contributed by atoms with Crippen LogP contribution in [0, 0.1) is 0 Å². The van der Waals surface area contributed by atoms with Gasteiger partial charge in [-0.2, -0.15) is 0 Å². The summed E-state index contributed by atoms with van der Waals surface area (Å²) in [6, 6.07) is 6.53. The number of piperidine rings is 1. The van der Waals surface area contributed by atoms with Gasteiger partial charge in [-0.1, -0.05) is 6.07 Å². The maximum Gasteiger partial charge on any atom is 0.317 e. The van der Waals surface area contributed by atoms with Crippen LogP contribution < -0.4 is 14.8 Å². The SMILES string of the molecule is COc1ccc(CCNC(=O)N2C(C)CCCC2C)cc1OC. The Morgan fingerprint density at radius 1 is 1.17 bits per heavy atom. The molecule has 0 bridgehead atoms. The quantitative estimate of drug-likeness (QED) is 0.906. The average Bonchev–Trinajstić information content (AvgIpc) is 2.54. The molecule has 5 heteroatoms. The molecule has 1 saturated heterocycles. The van der Waals surface area contributed by atoms with Gasteiger partial charge in [0.1, 0.15) is 0 Å². The van der Waals surface area contributed by atoms with Crippen LogP contribution in [0.2, 0.25) is 0 Å². The lowest BCUT2D eigenvalue weighted by molar-refractivity contribution is 0.123. The van der Waals surface area contributed by atoms with Gasteiger partial charge in [0.05, 0.1) is 14.2 Å². The first-order valence-electron chi connectivity index (χ1n) is 8.34. The lowest BCUT2D eigenvalue weighted by Gasteiger charge is -2.38. The van der Waals surface area contributed by atoms with Crippen LogP contribution in [0.15, 0.2) is 18.2 Å². The molecule has 1 aromatic rings. The molecule has 2 rings (SSSR count). The monoisotopic (exact) mass is 320 g/mol. The summed E-state index contributed by atoms with van der Waals surface area (Å²) >= 11 is 0. The first-order valence-corrected chi connectivity index (χ1v) is 8.34. The molecule has 1 aliphatic rings. The fraction of sp³-hybridized carbons (Fsp3) is 0.611. The first-order chi connectivity index (χ1) is 11.1. The molecule has 0 radical (unpaired) electrons. The summed E-state index contributed by atoms with van der Waals surface area (Å²) < 4.78 is 10.5. The molecular weight excluding hydrogens is 292 g/mol. The van der Waals surface area contributed by atoms with Crippen molar-refractivity contribution in [3.63, 3.8) is 0 Å². The van der Waals surface area contributed by atoms with Crippen molar-refractivity contribution < 1.29 is 14.3 Å². The number of urea groups is 1. The molecule has 2 atom stereocenters. The highest BCUT2D eigenvalue weighted by Gasteiger charge is 2.28. The highest BCUT2D eigenvalue weighted by Crippen LogP contribution is 2.27. The minimum absolute atomic E-state index is 0.0465. The molecule has 0 saturated carbocycles. The summed E-state index contributed by atoms with van der Waals surface area (Å²) in [4.78, 5) is 14.4. The number of likely N-dealkylation sites (tertiary alicyclic amines) is 1. The zero-order valence-electron chi connectivity index (χ0n) is 14.6. The average molecular weight is 320 g/mol. The van der Waals surface area contributed by atoms with Gasteiger partial charge in [0.15, 0.2) is 11.5 Å². The van der Waals surface area contributed by atoms with Gasteiger partial charge in [-0.05, 0) is 57.2 Å². The second kappa shape index (κ2) is 8.09. The standard InChI is InChI=1S/C18H28N2O3/c1-13-6-5-7-14(2)20(13)18(21)19-11-10-15-8-9-16(22-3)17(12-15)23-4/h8-9,12-14H,5-7,10-11H2,1-4H3,(H,19,21). The minimum atomic E-state index is 0.0465. The smallest absolute Gasteiger partial charge is 0.317 e. The number of hydrogen-bond donors (Lipinski definition) is 1. The molecule has 2 unspecified atom stereocenters. The molecular formula is C18H28N2O3. The van der Waals surface area contributed by atoms with E-state index in [4.69, 9.17) is 9.47 Å². The number of nitrogens with zero attached hydrogens (tertiary/aromatic N) is 1. The summed E-state index contributed by atoms with van der Waals surface area (Å²) in [6.07, 6.45) is 4.15. The number of amides is 2. The van der Waals surface area contributed by atoms with Crippen molar-refractivity contribution in [3.8, 4) is 11.5 Å². The van der Waals surface area contributed by atoms with E-state index in [9.17, 15) is 4.79 Å². The van der Waals surface area contributed by atoms with E-state index in [0.717, 1.165) is 36.3 Å². The zero-order chi connectivity index (χ0) is 16.8. The van der Waals surface area contributed by atoms with Crippen LogP contribution in [0.25, 0.3) is 0 Å². The van der Waals surface area contributed by atoms with Crippen molar-refractivity contribution in [2.45, 2.75) is 51.6 Å². The first kappa shape index (κ1) is 17.4. The van der Waals surface area contributed by atoms with Crippen LogP contribution in [-0.4, -0.2) is 43.8 Å². The van der Waals surface area contributed by atoms with Gasteiger partial charge in [0.2, 0.25) is 0 Å². The van der Waals surface area contributed by atoms with Gasteiger partial charge in [-0.25, -0.2) is 4.79 Å². The van der Waals surface area contributed by atoms with Gasteiger partial charge in [-0.15, -0.1) is 0 Å². The minimum Gasteiger partial charge on any atom is -0.493 e. The number of carbonyl (C=O) groups is 1. The van der Waals surface area contributed by atoms with Crippen molar-refractivity contribution in [2.24, 2.45) is 0 Å². The number of carbonyl (C=O) groups excluding carboxylic acids is 1. The fourth-order valence-electron chi connectivity index (χ4n) is 3.26. The molecule has 2 amide bonds. The van der Waals surface area contributed by atoms with Gasteiger partial charge < -0.3 is 19.7 Å². The van der Waals surface area contributed by atoms with Crippen LogP contribution in [0.5, 0.6) is 11.5 Å². The van der Waals surface area contributed by atoms with Gasteiger partial charge in [-0.3, -0.25) is 0 Å². The van der Waals surface area contributed by atoms with Crippen LogP contribution >= 0.6 is 0 Å². The van der Waals surface area contributed by atoms with Crippen LogP contribution in [0.3, 0.4) is 0 Å². The molecule has 5 nitrogen and oxygen atoms in total. The Hall–Kier alpha value is -1.91. The maximum atomic E-state index is 12.4. The second-order valence-electron chi connectivity index (χ2n) is 6.21. The fourth-order valence-corrected chi connectivity index (χ4v) is 3.26. The molecule has 1 aromatic carbocycles. The molecule has 0 aromatic heterocycles. The molecule has 0 spiro atoms. The zero-order valence-corrected chi connectivity index (χ0v) is 14.6. The molecule has 23 heavy (non-hydrogen) atoms. The van der Waals surface area contributed by atoms with Crippen molar-refractivity contribution in [2.75, 3.05) is 20.8 Å². The Morgan fingerprint density at radius 2 is 1.83 bits per heavy atom. The van der Waals surface area contributed by atoms with Gasteiger partial charge >= 0.3 is 6.03 Å². The number of benzene rings is 1. The van der Waals surface area contributed by atoms with Crippen LogP contribution in [0.1, 0.15) is 38.7 Å². The predicted molar refractivity (Wildman–Crippen MR) is 91.3 cm³/mol. The molecule has 1 N–H and O–H groups in total. The number of ether oxygens (including phenoxy) is 2. The third-order valence-corrected chi connectivity index (χ3v) is 4.57. The summed E-state index contributed by atoms with van der Waals surface area (Å²) in [5.74, 6) is 1.44. The van der Waals surface area contributed by atoms with E-state index in [1.165, 1.54) is 6.42 Å². The van der Waals surface area contributed by atoms with Crippen LogP contribution in [0.4, 0.5) is 4.79 Å². The van der Waals surface area contributed by atoms with Gasteiger partial charge in [0.25, 0.3) is 0 Å². The van der Waals surface area contributed by atoms with E-state index in [-0.39, 0.29) is 6.03 Å². The number of methoxy groups -OCH3 is 2. The molecule has 1 aliphatic heterocycles. The molecule has 0 aliphatic carbocycles. The highest BCUT2D eigenvalue weighted by molar-refractivity contribution is 5.75. The predicted octanol–water partition coefficient (Wildman–Crippen LogP) is 3.22. The van der Waals surface area contributed by atoms with E-state index in [0.29, 0.717) is 18.6 Å². The van der Waals surface area contributed by atoms with E-state index in [1.54, 1.807) is 14.2 Å². The summed E-state index contributed by atoms with van der Waals surface area (Å²) in [5, 5.41) is 3.04. The van der Waals surface area contributed by atoms with E-state index in [2.05, 4.69) is 19.2 Å². The third kappa shape index (κ3) is 4.30. The lowest BCUT2D eigenvalue weighted by atomic mass is 9.98. The Balaban J connectivity index is 1.88. The van der Waals surface area contributed by atoms with Crippen molar-refractivity contribution in [1.82, 2.24) is 10.2 Å². The largest absolute Gasteiger partial charge is 0.493 e. The van der Waals surface area contributed by atoms with E-state index >= 15 is 0 Å². The molecule has 128 valence electrons. The number of nitrogens with one attached hydrogen (secondary N) is 1. The van der Waals surface area contributed by atoms with Gasteiger partial charge in [0, 0.05) is 18.6 Å². The molecule has 1 heterocycles. The third-order valence-electron chi connectivity index (χ3n) is 4.57.